The van der Waals surface area contributed by atoms with Crippen LogP contribution in [0.15, 0.2) is 51.7 Å². The molecule has 3 aromatic rings. The van der Waals surface area contributed by atoms with E-state index >= 15 is 0 Å². The van der Waals surface area contributed by atoms with E-state index in [-0.39, 0.29) is 17.7 Å². The zero-order chi connectivity index (χ0) is 21.3. The highest BCUT2D eigenvalue weighted by Crippen LogP contribution is 2.27. The summed E-state index contributed by atoms with van der Waals surface area (Å²) in [6.07, 6.45) is 1.54. The number of likely N-dealkylation sites (tertiary alicyclic amines) is 1. The fourth-order valence-electron chi connectivity index (χ4n) is 3.93. The van der Waals surface area contributed by atoms with E-state index in [0.717, 1.165) is 42.8 Å². The summed E-state index contributed by atoms with van der Waals surface area (Å²) in [5.74, 6) is -0.395. The number of piperidine rings is 1. The van der Waals surface area contributed by atoms with Gasteiger partial charge in [-0.05, 0) is 55.3 Å². The van der Waals surface area contributed by atoms with Crippen LogP contribution in [0, 0.1) is 0 Å². The first-order valence-electron chi connectivity index (χ1n) is 10.0. The zero-order valence-corrected chi connectivity index (χ0v) is 17.9. The number of anilines is 2. The van der Waals surface area contributed by atoms with E-state index in [2.05, 4.69) is 10.2 Å². The molecule has 0 saturated carbocycles. The Bertz CT molecular complexity index is 1100. The molecular weight excluding hydrogens is 404 g/mol. The minimum Gasteiger partial charge on any atom is -0.408 e. The van der Waals surface area contributed by atoms with Gasteiger partial charge in [-0.25, -0.2) is 4.79 Å². The number of rotatable bonds is 5. The summed E-state index contributed by atoms with van der Waals surface area (Å²) in [4.78, 5) is 28.9. The van der Waals surface area contributed by atoms with Gasteiger partial charge in [-0.3, -0.25) is 14.3 Å². The molecule has 1 aromatic heterocycles. The third kappa shape index (κ3) is 4.37. The highest BCUT2D eigenvalue weighted by molar-refractivity contribution is 6.31. The predicted molar refractivity (Wildman–Crippen MR) is 120 cm³/mol. The summed E-state index contributed by atoms with van der Waals surface area (Å²) in [5, 5.41) is 3.52. The largest absolute Gasteiger partial charge is 0.420 e. The third-order valence-corrected chi connectivity index (χ3v) is 5.77. The van der Waals surface area contributed by atoms with Crippen molar-refractivity contribution in [3.8, 4) is 0 Å². The van der Waals surface area contributed by atoms with Gasteiger partial charge in [0.15, 0.2) is 5.58 Å². The summed E-state index contributed by atoms with van der Waals surface area (Å²) in [6.45, 7) is 1.80. The normalized spacial score (nSPS) is 15.4. The van der Waals surface area contributed by atoms with Crippen molar-refractivity contribution in [3.05, 3.63) is 58.0 Å². The number of nitrogens with zero attached hydrogens (tertiary/aromatic N) is 3. The lowest BCUT2D eigenvalue weighted by atomic mass is 10.0. The van der Waals surface area contributed by atoms with E-state index in [9.17, 15) is 9.59 Å². The van der Waals surface area contributed by atoms with Gasteiger partial charge < -0.3 is 14.6 Å². The first-order valence-corrected chi connectivity index (χ1v) is 10.4. The SMILES string of the molecule is CN(C)c1ccc(NC(=O)CN2CCC(n3c(=O)oc4ccc(Cl)cc43)CC2)cc1. The molecule has 4 rings (SSSR count). The van der Waals surface area contributed by atoms with Crippen molar-refractivity contribution < 1.29 is 9.21 Å². The lowest BCUT2D eigenvalue weighted by Gasteiger charge is -2.31. The number of nitrogens with one attached hydrogen (secondary N) is 1. The molecule has 0 unspecified atom stereocenters. The second-order valence-corrected chi connectivity index (χ2v) is 8.28. The summed E-state index contributed by atoms with van der Waals surface area (Å²) >= 11 is 6.10. The van der Waals surface area contributed by atoms with E-state index in [4.69, 9.17) is 16.0 Å². The van der Waals surface area contributed by atoms with Crippen molar-refractivity contribution in [2.45, 2.75) is 18.9 Å². The number of carbonyl (C=O) groups is 1. The molecule has 1 amide bonds. The van der Waals surface area contributed by atoms with Gasteiger partial charge in [0.2, 0.25) is 5.91 Å². The van der Waals surface area contributed by atoms with E-state index < -0.39 is 0 Å². The molecule has 1 aliphatic rings. The molecule has 0 spiro atoms. The average Bonchev–Trinajstić information content (AvgIpc) is 3.04. The maximum atomic E-state index is 12.4. The maximum absolute atomic E-state index is 12.4. The molecule has 0 aliphatic carbocycles. The monoisotopic (exact) mass is 428 g/mol. The van der Waals surface area contributed by atoms with Crippen molar-refractivity contribution in [1.29, 1.82) is 0 Å². The topological polar surface area (TPSA) is 70.7 Å². The Hall–Kier alpha value is -2.77. The van der Waals surface area contributed by atoms with Crippen molar-refractivity contribution in [3.63, 3.8) is 0 Å². The Morgan fingerprint density at radius 1 is 1.17 bits per heavy atom. The first kappa shape index (κ1) is 20.5. The van der Waals surface area contributed by atoms with Gasteiger partial charge in [0.1, 0.15) is 0 Å². The number of amides is 1. The first-order chi connectivity index (χ1) is 14.4. The van der Waals surface area contributed by atoms with E-state index in [1.807, 2.05) is 43.3 Å². The van der Waals surface area contributed by atoms with Gasteiger partial charge in [0, 0.05) is 49.6 Å². The van der Waals surface area contributed by atoms with Crippen molar-refractivity contribution in [1.82, 2.24) is 9.47 Å². The highest BCUT2D eigenvalue weighted by atomic mass is 35.5. The Balaban J connectivity index is 1.35. The maximum Gasteiger partial charge on any atom is 0.420 e. The quantitative estimate of drug-likeness (QED) is 0.672. The van der Waals surface area contributed by atoms with Crippen LogP contribution in [0.5, 0.6) is 0 Å². The Labute approximate surface area is 179 Å². The molecule has 7 nitrogen and oxygen atoms in total. The Morgan fingerprint density at radius 3 is 2.53 bits per heavy atom. The minimum atomic E-state index is -0.357. The van der Waals surface area contributed by atoms with Crippen LogP contribution in [0.3, 0.4) is 0 Å². The summed E-state index contributed by atoms with van der Waals surface area (Å²) in [5.41, 5.74) is 3.14. The van der Waals surface area contributed by atoms with E-state index in [1.165, 1.54) is 0 Å². The van der Waals surface area contributed by atoms with E-state index in [0.29, 0.717) is 17.2 Å². The second kappa shape index (κ2) is 8.53. The van der Waals surface area contributed by atoms with Crippen molar-refractivity contribution in [2.24, 2.45) is 0 Å². The van der Waals surface area contributed by atoms with Gasteiger partial charge in [-0.2, -0.15) is 0 Å². The van der Waals surface area contributed by atoms with Gasteiger partial charge in [0.05, 0.1) is 12.1 Å². The number of halogens is 1. The fourth-order valence-corrected chi connectivity index (χ4v) is 4.10. The molecule has 0 radical (unpaired) electrons. The molecule has 158 valence electrons. The number of benzene rings is 2. The van der Waals surface area contributed by atoms with Crippen LogP contribution in [-0.4, -0.2) is 49.1 Å². The number of oxazole rings is 1. The van der Waals surface area contributed by atoms with Crippen LogP contribution in [0.1, 0.15) is 18.9 Å². The lowest BCUT2D eigenvalue weighted by molar-refractivity contribution is -0.117. The molecule has 0 bridgehead atoms. The second-order valence-electron chi connectivity index (χ2n) is 7.85. The number of carbonyl (C=O) groups excluding carboxylic acids is 1. The molecule has 2 heterocycles. The number of hydrogen-bond acceptors (Lipinski definition) is 5. The third-order valence-electron chi connectivity index (χ3n) is 5.53. The van der Waals surface area contributed by atoms with Gasteiger partial charge in [-0.1, -0.05) is 11.6 Å². The molecular formula is C22H25ClN4O3. The van der Waals surface area contributed by atoms with Crippen LogP contribution in [-0.2, 0) is 4.79 Å². The van der Waals surface area contributed by atoms with Gasteiger partial charge in [0.25, 0.3) is 0 Å². The number of aromatic nitrogens is 1. The summed E-state index contributed by atoms with van der Waals surface area (Å²) in [6, 6.07) is 13.0. The van der Waals surface area contributed by atoms with Crippen molar-refractivity contribution >= 4 is 40.0 Å². The molecule has 30 heavy (non-hydrogen) atoms. The lowest BCUT2D eigenvalue weighted by Crippen LogP contribution is -2.40. The Morgan fingerprint density at radius 2 is 1.87 bits per heavy atom. The summed E-state index contributed by atoms with van der Waals surface area (Å²) in [7, 11) is 3.96. The van der Waals surface area contributed by atoms with Gasteiger partial charge in [-0.15, -0.1) is 0 Å². The fraction of sp³-hybridized carbons (Fsp3) is 0.364. The molecule has 0 atom stereocenters. The summed E-state index contributed by atoms with van der Waals surface area (Å²) < 4.78 is 7.06. The number of fused-ring (bicyclic) bond motifs is 1. The van der Waals surface area contributed by atoms with Gasteiger partial charge >= 0.3 is 5.76 Å². The van der Waals surface area contributed by atoms with E-state index in [1.54, 1.807) is 22.8 Å². The smallest absolute Gasteiger partial charge is 0.408 e. The highest BCUT2D eigenvalue weighted by Gasteiger charge is 2.25. The molecule has 1 N–H and O–H groups in total. The minimum absolute atomic E-state index is 0.0371. The Kier molecular flexibility index (Phi) is 5.83. The predicted octanol–water partition coefficient (Wildman–Crippen LogP) is 3.59. The molecule has 1 saturated heterocycles. The molecule has 8 heteroatoms. The standard InChI is InChI=1S/C22H25ClN4O3/c1-25(2)17-6-4-16(5-7-17)24-21(28)14-26-11-9-18(10-12-26)27-19-13-15(23)3-8-20(19)30-22(27)29/h3-8,13,18H,9-12,14H2,1-2H3,(H,24,28). The van der Waals surface area contributed by atoms with Crippen LogP contribution >= 0.6 is 11.6 Å². The van der Waals surface area contributed by atoms with Crippen molar-refractivity contribution in [2.75, 3.05) is 43.9 Å². The van der Waals surface area contributed by atoms with Crippen LogP contribution < -0.4 is 16.0 Å². The average molecular weight is 429 g/mol. The molecule has 1 fully saturated rings. The number of hydrogen-bond donors (Lipinski definition) is 1. The zero-order valence-electron chi connectivity index (χ0n) is 17.1. The van der Waals surface area contributed by atoms with Crippen LogP contribution in [0.2, 0.25) is 5.02 Å². The molecule has 2 aromatic carbocycles. The van der Waals surface area contributed by atoms with Crippen LogP contribution in [0.25, 0.3) is 11.1 Å². The molecule has 1 aliphatic heterocycles. The van der Waals surface area contributed by atoms with Crippen LogP contribution in [0.4, 0.5) is 11.4 Å².